The molecule has 2 aromatic carbocycles. The number of non-ortho nitro benzene ring substituents is 1. The normalized spacial score (nSPS) is 15.4. The zero-order valence-corrected chi connectivity index (χ0v) is 18.3. The number of fused-ring (bicyclic) bond motifs is 1. The minimum atomic E-state index is -4.87. The largest absolute Gasteiger partial charge is 0.416 e. The number of nitro groups is 1. The summed E-state index contributed by atoms with van der Waals surface area (Å²) in [6.07, 6.45) is -9.31. The number of benzene rings is 2. The number of alkyl halides is 6. The summed E-state index contributed by atoms with van der Waals surface area (Å²) in [4.78, 5) is 28.4. The van der Waals surface area contributed by atoms with Gasteiger partial charge in [-0.15, -0.1) is 0 Å². The van der Waals surface area contributed by atoms with E-state index < -0.39 is 45.0 Å². The lowest BCUT2D eigenvalue weighted by Crippen LogP contribution is -2.49. The third-order valence-electron chi connectivity index (χ3n) is 5.26. The van der Waals surface area contributed by atoms with Crippen LogP contribution in [0, 0.1) is 10.1 Å². The van der Waals surface area contributed by atoms with Crippen LogP contribution < -0.4 is 15.9 Å². The Morgan fingerprint density at radius 1 is 0.943 bits per heavy atom. The molecule has 3 aromatic rings. The zero-order chi connectivity index (χ0) is 25.5. The summed E-state index contributed by atoms with van der Waals surface area (Å²) >= 11 is 0.751. The predicted molar refractivity (Wildman–Crippen MR) is 116 cm³/mol. The fourth-order valence-corrected chi connectivity index (χ4v) is 4.62. The average molecular weight is 519 g/mol. The van der Waals surface area contributed by atoms with E-state index in [-0.39, 0.29) is 9.83 Å². The molecule has 0 radical (unpaired) electrons. The molecule has 186 valence electrons. The van der Waals surface area contributed by atoms with Crippen molar-refractivity contribution >= 4 is 37.9 Å². The van der Waals surface area contributed by atoms with Gasteiger partial charge in [-0.3, -0.25) is 14.9 Å². The predicted octanol–water partition coefficient (Wildman–Crippen LogP) is 4.75. The maximum atomic E-state index is 13.1. The van der Waals surface area contributed by atoms with Gasteiger partial charge >= 0.3 is 12.4 Å². The third kappa shape index (κ3) is 5.30. The lowest BCUT2D eigenvalue weighted by Gasteiger charge is -2.35. The van der Waals surface area contributed by atoms with E-state index in [0.717, 1.165) is 23.5 Å². The number of piperazine rings is 1. The molecule has 4 rings (SSSR count). The molecule has 0 atom stereocenters. The molecule has 0 aliphatic carbocycles. The highest BCUT2D eigenvalue weighted by atomic mass is 32.1. The van der Waals surface area contributed by atoms with Crippen molar-refractivity contribution in [3.8, 4) is 0 Å². The average Bonchev–Trinajstić information content (AvgIpc) is 2.78. The van der Waals surface area contributed by atoms with Gasteiger partial charge in [0.2, 0.25) is 0 Å². The highest BCUT2D eigenvalue weighted by Crippen LogP contribution is 2.38. The van der Waals surface area contributed by atoms with Gasteiger partial charge in [-0.2, -0.15) is 31.3 Å². The van der Waals surface area contributed by atoms with Crippen molar-refractivity contribution in [2.75, 3.05) is 36.5 Å². The Labute approximate surface area is 196 Å². The number of nitro benzene ring substituents is 1. The van der Waals surface area contributed by atoms with Crippen LogP contribution in [0.4, 0.5) is 42.8 Å². The van der Waals surface area contributed by atoms with Gasteiger partial charge in [-0.05, 0) is 30.3 Å². The highest BCUT2D eigenvalue weighted by Gasteiger charge is 2.34. The maximum Gasteiger partial charge on any atom is 0.416 e. The van der Waals surface area contributed by atoms with Gasteiger partial charge in [0.25, 0.3) is 11.2 Å². The first-order chi connectivity index (χ1) is 16.3. The van der Waals surface area contributed by atoms with E-state index in [1.54, 1.807) is 9.91 Å². The Hall–Kier alpha value is -3.46. The molecule has 1 aliphatic rings. The van der Waals surface area contributed by atoms with E-state index in [1.165, 1.54) is 12.1 Å². The molecule has 15 heteroatoms. The van der Waals surface area contributed by atoms with Crippen LogP contribution in [0.2, 0.25) is 0 Å². The fraction of sp³-hybridized carbons (Fsp3) is 0.300. The molecular weight excluding hydrogens is 504 g/mol. The number of aromatic nitrogens is 1. The summed E-state index contributed by atoms with van der Waals surface area (Å²) < 4.78 is 77.2. The van der Waals surface area contributed by atoms with Crippen molar-refractivity contribution in [2.24, 2.45) is 0 Å². The molecule has 1 fully saturated rings. The molecule has 0 spiro atoms. The van der Waals surface area contributed by atoms with E-state index in [2.05, 4.69) is 10.4 Å². The van der Waals surface area contributed by atoms with Crippen molar-refractivity contribution in [1.29, 1.82) is 0 Å². The van der Waals surface area contributed by atoms with Crippen LogP contribution in [0.15, 0.2) is 41.2 Å². The second kappa shape index (κ2) is 8.96. The summed E-state index contributed by atoms with van der Waals surface area (Å²) in [7, 11) is 0. The smallest absolute Gasteiger partial charge is 0.345 e. The molecule has 2 heterocycles. The van der Waals surface area contributed by atoms with E-state index >= 15 is 0 Å². The number of nitrogens with one attached hydrogen (secondary N) is 1. The van der Waals surface area contributed by atoms with Crippen molar-refractivity contribution in [3.05, 3.63) is 68.0 Å². The molecule has 8 nitrogen and oxygen atoms in total. The van der Waals surface area contributed by atoms with Crippen LogP contribution in [0.25, 0.3) is 10.1 Å². The number of hydrazine groups is 1. The third-order valence-corrected chi connectivity index (χ3v) is 6.43. The number of anilines is 2. The van der Waals surface area contributed by atoms with Crippen molar-refractivity contribution in [2.45, 2.75) is 12.4 Å². The topological polar surface area (TPSA) is 91.6 Å². The quantitative estimate of drug-likeness (QED) is 0.302. The fourth-order valence-electron chi connectivity index (χ4n) is 3.50. The van der Waals surface area contributed by atoms with Gasteiger partial charge in [-0.1, -0.05) is 11.3 Å². The van der Waals surface area contributed by atoms with Crippen molar-refractivity contribution in [3.63, 3.8) is 0 Å². The van der Waals surface area contributed by atoms with Crippen molar-refractivity contribution in [1.82, 2.24) is 9.99 Å². The monoisotopic (exact) mass is 519 g/mol. The molecule has 0 saturated carbocycles. The first-order valence-electron chi connectivity index (χ1n) is 9.97. The van der Waals surface area contributed by atoms with E-state index in [4.69, 9.17) is 0 Å². The summed E-state index contributed by atoms with van der Waals surface area (Å²) in [6.45, 7) is 1.32. The van der Waals surface area contributed by atoms with Crippen LogP contribution in [-0.4, -0.2) is 41.1 Å². The summed E-state index contributed by atoms with van der Waals surface area (Å²) in [6, 6.07) is 5.44. The molecule has 1 aromatic heterocycles. The van der Waals surface area contributed by atoms with E-state index in [1.807, 2.05) is 0 Å². The van der Waals surface area contributed by atoms with Crippen LogP contribution in [0.5, 0.6) is 0 Å². The Morgan fingerprint density at radius 3 is 2.09 bits per heavy atom. The SMILES string of the molecule is O=c1nc(N2CCN(Nc3ccc(C(F)(F)F)cc3)CC2)sc2c([N+](=O)[O-])cc(C(F)(F)F)cc12. The molecular formula is C20H15F6N5O3S. The van der Waals surface area contributed by atoms with Gasteiger partial charge < -0.3 is 10.3 Å². The first kappa shape index (κ1) is 24.7. The van der Waals surface area contributed by atoms with Gasteiger partial charge in [0.15, 0.2) is 5.13 Å². The second-order valence-electron chi connectivity index (χ2n) is 7.59. The van der Waals surface area contributed by atoms with E-state index in [0.29, 0.717) is 44.0 Å². The maximum absolute atomic E-state index is 13.1. The Bertz CT molecular complexity index is 1320. The first-order valence-corrected chi connectivity index (χ1v) is 10.8. The Morgan fingerprint density at radius 2 is 1.54 bits per heavy atom. The van der Waals surface area contributed by atoms with Crippen LogP contribution in [0.1, 0.15) is 11.1 Å². The Balaban J connectivity index is 1.52. The van der Waals surface area contributed by atoms with Gasteiger partial charge in [0, 0.05) is 37.9 Å². The lowest BCUT2D eigenvalue weighted by atomic mass is 10.1. The molecule has 0 unspecified atom stereocenters. The van der Waals surface area contributed by atoms with Crippen molar-refractivity contribution < 1.29 is 31.3 Å². The number of rotatable bonds is 4. The number of nitrogens with zero attached hydrogens (tertiary/aromatic N) is 4. The summed E-state index contributed by atoms with van der Waals surface area (Å²) in [5, 5.41) is 12.8. The number of halogens is 6. The summed E-state index contributed by atoms with van der Waals surface area (Å²) in [5.74, 6) is 0. The zero-order valence-electron chi connectivity index (χ0n) is 17.5. The number of hydrogen-bond donors (Lipinski definition) is 1. The molecule has 1 N–H and O–H groups in total. The molecule has 35 heavy (non-hydrogen) atoms. The van der Waals surface area contributed by atoms with Gasteiger partial charge in [0.05, 0.1) is 21.4 Å². The van der Waals surface area contributed by atoms with Gasteiger partial charge in [-0.25, -0.2) is 5.01 Å². The lowest BCUT2D eigenvalue weighted by molar-refractivity contribution is -0.383. The standard InChI is InChI=1S/C20H15F6N5O3S/c21-19(22,23)11-1-3-13(4-2-11)28-30-7-5-29(6-8-30)18-27-17(32)14-9-12(20(24,25)26)10-15(31(33)34)16(14)35-18/h1-4,9-10,28H,5-8H2. The van der Waals surface area contributed by atoms with Gasteiger partial charge in [0.1, 0.15) is 4.70 Å². The summed E-state index contributed by atoms with van der Waals surface area (Å²) in [5.41, 5.74) is -0.497. The minimum Gasteiger partial charge on any atom is -0.345 e. The second-order valence-corrected chi connectivity index (χ2v) is 8.57. The number of hydrogen-bond acceptors (Lipinski definition) is 8. The van der Waals surface area contributed by atoms with Crippen LogP contribution >= 0.6 is 11.3 Å². The molecule has 1 aliphatic heterocycles. The van der Waals surface area contributed by atoms with Crippen LogP contribution in [-0.2, 0) is 12.4 Å². The molecule has 0 amide bonds. The van der Waals surface area contributed by atoms with Crippen LogP contribution in [0.3, 0.4) is 0 Å². The Kier molecular flexibility index (Phi) is 6.31. The van der Waals surface area contributed by atoms with E-state index in [9.17, 15) is 41.3 Å². The minimum absolute atomic E-state index is 0.125. The molecule has 0 bridgehead atoms. The molecule has 1 saturated heterocycles. The highest BCUT2D eigenvalue weighted by molar-refractivity contribution is 7.22.